The highest BCUT2D eigenvalue weighted by molar-refractivity contribution is 6.30. The topological polar surface area (TPSA) is 63.8 Å². The highest BCUT2D eigenvalue weighted by Crippen LogP contribution is 2.31. The third-order valence-corrected chi connectivity index (χ3v) is 2.99. The highest BCUT2D eigenvalue weighted by atomic mass is 35.5. The van der Waals surface area contributed by atoms with Gasteiger partial charge in [-0.05, 0) is 26.3 Å². The summed E-state index contributed by atoms with van der Waals surface area (Å²) in [7, 11) is 0. The lowest BCUT2D eigenvalue weighted by Gasteiger charge is -2.25. The second-order valence-electron chi connectivity index (χ2n) is 3.86. The van der Waals surface area contributed by atoms with E-state index in [4.69, 9.17) is 17.3 Å². The average molecular weight is 227 g/mol. The Morgan fingerprint density at radius 1 is 1.40 bits per heavy atom. The van der Waals surface area contributed by atoms with Crippen LogP contribution in [0, 0.1) is 6.92 Å². The minimum absolute atomic E-state index is 0.215. The monoisotopic (exact) mass is 226 g/mol. The Bertz CT molecular complexity index is 337. The summed E-state index contributed by atoms with van der Waals surface area (Å²) in [5.41, 5.74) is 6.74. The molecule has 2 heterocycles. The molecule has 0 bridgehead atoms. The number of aromatic nitrogens is 2. The second-order valence-corrected chi connectivity index (χ2v) is 4.22. The van der Waals surface area contributed by atoms with Crippen molar-refractivity contribution in [2.45, 2.75) is 32.2 Å². The fourth-order valence-corrected chi connectivity index (χ4v) is 2.34. The largest absolute Gasteiger partial charge is 0.383 e. The Hall–Kier alpha value is -0.870. The van der Waals surface area contributed by atoms with Crippen molar-refractivity contribution in [3.8, 4) is 0 Å². The van der Waals surface area contributed by atoms with Crippen LogP contribution in [-0.2, 0) is 0 Å². The van der Waals surface area contributed by atoms with Crippen molar-refractivity contribution in [3.63, 3.8) is 0 Å². The van der Waals surface area contributed by atoms with E-state index in [1.807, 2.05) is 0 Å². The van der Waals surface area contributed by atoms with Crippen LogP contribution in [0.15, 0.2) is 0 Å². The van der Waals surface area contributed by atoms with E-state index in [9.17, 15) is 0 Å². The zero-order valence-corrected chi connectivity index (χ0v) is 9.51. The van der Waals surface area contributed by atoms with Gasteiger partial charge in [-0.1, -0.05) is 18.0 Å². The second kappa shape index (κ2) is 4.33. The molecule has 2 rings (SSSR count). The summed E-state index contributed by atoms with van der Waals surface area (Å²) in [5.74, 6) is 1.13. The van der Waals surface area contributed by atoms with E-state index in [2.05, 4.69) is 15.3 Å². The van der Waals surface area contributed by atoms with E-state index in [1.54, 1.807) is 6.92 Å². The molecule has 1 aromatic rings. The fraction of sp³-hybridized carbons (Fsp3) is 0.600. The summed E-state index contributed by atoms with van der Waals surface area (Å²) < 4.78 is 0. The molecule has 0 aliphatic carbocycles. The molecule has 0 saturated carbocycles. The molecule has 0 spiro atoms. The van der Waals surface area contributed by atoms with Gasteiger partial charge in [-0.2, -0.15) is 0 Å². The lowest BCUT2D eigenvalue weighted by Crippen LogP contribution is -2.28. The van der Waals surface area contributed by atoms with Crippen molar-refractivity contribution >= 4 is 17.4 Å². The van der Waals surface area contributed by atoms with Gasteiger partial charge in [0.15, 0.2) is 0 Å². The minimum atomic E-state index is 0.215. The maximum atomic E-state index is 6.10. The van der Waals surface area contributed by atoms with Gasteiger partial charge in [-0.3, -0.25) is 0 Å². The maximum Gasteiger partial charge on any atom is 0.139 e. The van der Waals surface area contributed by atoms with E-state index in [-0.39, 0.29) is 6.04 Å². The molecule has 3 N–H and O–H groups in total. The Morgan fingerprint density at radius 3 is 2.80 bits per heavy atom. The number of nitrogen functional groups attached to an aromatic ring is 1. The van der Waals surface area contributed by atoms with Gasteiger partial charge >= 0.3 is 0 Å². The number of hydrogen-bond acceptors (Lipinski definition) is 4. The summed E-state index contributed by atoms with van der Waals surface area (Å²) in [4.78, 5) is 8.30. The Kier molecular flexibility index (Phi) is 3.07. The van der Waals surface area contributed by atoms with Crippen LogP contribution in [0.2, 0.25) is 5.15 Å². The normalized spacial score (nSPS) is 21.6. The molecule has 0 amide bonds. The Morgan fingerprint density at radius 2 is 2.20 bits per heavy atom. The average Bonchev–Trinajstić information content (AvgIpc) is 2.17. The van der Waals surface area contributed by atoms with Crippen molar-refractivity contribution in [2.75, 3.05) is 12.3 Å². The molecule has 82 valence electrons. The molecular formula is C10H15ClN4. The fourth-order valence-electron chi connectivity index (χ4n) is 1.99. The molecule has 1 atom stereocenters. The van der Waals surface area contributed by atoms with Crippen molar-refractivity contribution < 1.29 is 0 Å². The lowest BCUT2D eigenvalue weighted by molar-refractivity contribution is 0.412. The first-order valence-electron chi connectivity index (χ1n) is 5.21. The smallest absolute Gasteiger partial charge is 0.139 e. The molecule has 0 radical (unpaired) electrons. The van der Waals surface area contributed by atoms with Gasteiger partial charge in [0.1, 0.15) is 16.8 Å². The molecule has 1 aliphatic rings. The van der Waals surface area contributed by atoms with E-state index in [0.29, 0.717) is 16.8 Å². The quantitative estimate of drug-likeness (QED) is 0.718. The number of piperidine rings is 1. The minimum Gasteiger partial charge on any atom is -0.383 e. The maximum absolute atomic E-state index is 6.10. The third-order valence-electron chi connectivity index (χ3n) is 2.70. The van der Waals surface area contributed by atoms with E-state index in [0.717, 1.165) is 18.5 Å². The molecule has 1 fully saturated rings. The number of nitrogens with one attached hydrogen (secondary N) is 1. The van der Waals surface area contributed by atoms with Gasteiger partial charge in [0.05, 0.1) is 0 Å². The van der Waals surface area contributed by atoms with Gasteiger partial charge in [0.2, 0.25) is 0 Å². The molecule has 4 nitrogen and oxygen atoms in total. The van der Waals surface area contributed by atoms with Crippen LogP contribution < -0.4 is 11.1 Å². The Labute approximate surface area is 94.2 Å². The third kappa shape index (κ3) is 2.21. The van der Waals surface area contributed by atoms with Crippen LogP contribution in [-0.4, -0.2) is 16.5 Å². The molecule has 1 aliphatic heterocycles. The first-order valence-corrected chi connectivity index (χ1v) is 5.59. The highest BCUT2D eigenvalue weighted by Gasteiger charge is 2.21. The number of nitrogens with two attached hydrogens (primary N) is 1. The van der Waals surface area contributed by atoms with Crippen LogP contribution in [0.1, 0.15) is 36.7 Å². The van der Waals surface area contributed by atoms with Gasteiger partial charge in [0.25, 0.3) is 0 Å². The van der Waals surface area contributed by atoms with E-state index in [1.165, 1.54) is 12.8 Å². The van der Waals surface area contributed by atoms with Crippen molar-refractivity contribution in [3.05, 3.63) is 16.5 Å². The van der Waals surface area contributed by atoms with Crippen LogP contribution in [0.3, 0.4) is 0 Å². The van der Waals surface area contributed by atoms with Crippen molar-refractivity contribution in [1.29, 1.82) is 0 Å². The number of anilines is 1. The van der Waals surface area contributed by atoms with Crippen molar-refractivity contribution in [1.82, 2.24) is 15.3 Å². The van der Waals surface area contributed by atoms with E-state index < -0.39 is 0 Å². The number of halogens is 1. The summed E-state index contributed by atoms with van der Waals surface area (Å²) in [5, 5.41) is 3.88. The van der Waals surface area contributed by atoms with Crippen molar-refractivity contribution in [2.24, 2.45) is 0 Å². The van der Waals surface area contributed by atoms with Crippen LogP contribution in [0.5, 0.6) is 0 Å². The summed E-state index contributed by atoms with van der Waals surface area (Å²) >= 11 is 6.10. The van der Waals surface area contributed by atoms with Crippen LogP contribution >= 0.6 is 11.6 Å². The zero-order chi connectivity index (χ0) is 10.8. The number of nitrogens with zero attached hydrogens (tertiary/aromatic N) is 2. The predicted octanol–water partition coefficient (Wildman–Crippen LogP) is 1.84. The molecule has 0 aromatic carbocycles. The lowest BCUT2D eigenvalue weighted by atomic mass is 9.99. The van der Waals surface area contributed by atoms with Gasteiger partial charge in [-0.15, -0.1) is 0 Å². The SMILES string of the molecule is Cc1nc(N)c(C2CCCCN2)c(Cl)n1. The molecule has 5 heteroatoms. The zero-order valence-electron chi connectivity index (χ0n) is 8.76. The van der Waals surface area contributed by atoms with Gasteiger partial charge < -0.3 is 11.1 Å². The first-order chi connectivity index (χ1) is 7.18. The molecule has 15 heavy (non-hydrogen) atoms. The molecule has 1 unspecified atom stereocenters. The first kappa shape index (κ1) is 10.6. The molecule has 1 saturated heterocycles. The van der Waals surface area contributed by atoms with E-state index >= 15 is 0 Å². The molecular weight excluding hydrogens is 212 g/mol. The standard InChI is InChI=1S/C10H15ClN4/c1-6-14-9(11)8(10(12)15-6)7-4-2-3-5-13-7/h7,13H,2-5H2,1H3,(H2,12,14,15). The van der Waals surface area contributed by atoms with Gasteiger partial charge in [0, 0.05) is 11.6 Å². The van der Waals surface area contributed by atoms with Crippen LogP contribution in [0.25, 0.3) is 0 Å². The predicted molar refractivity (Wildman–Crippen MR) is 60.8 cm³/mol. The Balaban J connectivity index is 2.33. The summed E-state index contributed by atoms with van der Waals surface area (Å²) in [6.45, 7) is 2.80. The summed E-state index contributed by atoms with van der Waals surface area (Å²) in [6.07, 6.45) is 3.46. The van der Waals surface area contributed by atoms with Gasteiger partial charge in [-0.25, -0.2) is 9.97 Å². The summed E-state index contributed by atoms with van der Waals surface area (Å²) in [6, 6.07) is 0.215. The number of hydrogen-bond donors (Lipinski definition) is 2. The molecule has 1 aromatic heterocycles. The number of rotatable bonds is 1. The van der Waals surface area contributed by atoms with Crippen LogP contribution in [0.4, 0.5) is 5.82 Å². The number of aryl methyl sites for hydroxylation is 1.